The summed E-state index contributed by atoms with van der Waals surface area (Å²) in [5, 5.41) is 3.06. The number of hydrogen-bond donors (Lipinski definition) is 1. The molecule has 1 rings (SSSR count). The summed E-state index contributed by atoms with van der Waals surface area (Å²) in [5.74, 6) is 1.03. The van der Waals surface area contributed by atoms with E-state index in [-0.39, 0.29) is 11.8 Å². The minimum Gasteiger partial charge on any atom is -0.496 e. The van der Waals surface area contributed by atoms with Crippen molar-refractivity contribution in [1.82, 2.24) is 5.32 Å². The summed E-state index contributed by atoms with van der Waals surface area (Å²) in [4.78, 5) is 11.6. The molecule has 1 aromatic carbocycles. The molecule has 0 saturated carbocycles. The van der Waals surface area contributed by atoms with Crippen molar-refractivity contribution in [2.24, 2.45) is 0 Å². The molecule has 3 nitrogen and oxygen atoms in total. The summed E-state index contributed by atoms with van der Waals surface area (Å²) >= 11 is 0. The molecule has 1 aromatic rings. The summed E-state index contributed by atoms with van der Waals surface area (Å²) in [6, 6.07) is 1.79. The van der Waals surface area contributed by atoms with Crippen LogP contribution in [0.1, 0.15) is 35.2 Å². The molecule has 0 aliphatic carbocycles. The zero-order valence-electron chi connectivity index (χ0n) is 11.5. The summed E-state index contributed by atoms with van der Waals surface area (Å²) in [6.45, 7) is 7.66. The number of ketones is 1. The maximum absolute atomic E-state index is 11.6. The fourth-order valence-electron chi connectivity index (χ4n) is 2.28. The van der Waals surface area contributed by atoms with Crippen molar-refractivity contribution in [3.05, 3.63) is 28.3 Å². The van der Waals surface area contributed by atoms with Gasteiger partial charge in [0.15, 0.2) is 5.78 Å². The van der Waals surface area contributed by atoms with Crippen LogP contribution in [0.3, 0.4) is 0 Å². The van der Waals surface area contributed by atoms with E-state index in [2.05, 4.69) is 5.32 Å². The van der Waals surface area contributed by atoms with Crippen molar-refractivity contribution in [3.63, 3.8) is 0 Å². The smallest absolute Gasteiger partial charge is 0.151 e. The van der Waals surface area contributed by atoms with Gasteiger partial charge in [-0.25, -0.2) is 0 Å². The second-order valence-corrected chi connectivity index (χ2v) is 4.40. The Labute approximate surface area is 103 Å². The van der Waals surface area contributed by atoms with Crippen molar-refractivity contribution >= 4 is 5.78 Å². The van der Waals surface area contributed by atoms with Crippen LogP contribution in [0.5, 0.6) is 5.75 Å². The van der Waals surface area contributed by atoms with Gasteiger partial charge in [0.25, 0.3) is 0 Å². The van der Waals surface area contributed by atoms with Crippen molar-refractivity contribution in [3.8, 4) is 5.75 Å². The van der Waals surface area contributed by atoms with Crippen LogP contribution in [-0.4, -0.2) is 19.9 Å². The van der Waals surface area contributed by atoms with Crippen molar-refractivity contribution < 1.29 is 9.53 Å². The number of benzene rings is 1. The predicted octanol–water partition coefficient (Wildman–Crippen LogP) is 2.47. The van der Waals surface area contributed by atoms with E-state index in [4.69, 9.17) is 4.74 Å². The lowest BCUT2D eigenvalue weighted by molar-refractivity contribution is -0.119. The topological polar surface area (TPSA) is 38.3 Å². The van der Waals surface area contributed by atoms with Gasteiger partial charge in [0.05, 0.1) is 13.2 Å². The van der Waals surface area contributed by atoms with Gasteiger partial charge in [-0.2, -0.15) is 0 Å². The fraction of sp³-hybridized carbons (Fsp3) is 0.500. The van der Waals surface area contributed by atoms with Gasteiger partial charge in [-0.1, -0.05) is 6.07 Å². The monoisotopic (exact) mass is 235 g/mol. The van der Waals surface area contributed by atoms with Gasteiger partial charge >= 0.3 is 0 Å². The number of likely N-dealkylation sites (N-methyl/N-ethyl adjacent to an activating group) is 1. The second-order valence-electron chi connectivity index (χ2n) is 4.40. The number of Topliss-reactive ketones (excluding diaryl/α,β-unsaturated/α-hetero) is 1. The molecule has 0 heterocycles. The van der Waals surface area contributed by atoms with Gasteiger partial charge in [0, 0.05) is 0 Å². The molecule has 0 aliphatic rings. The number of nitrogens with one attached hydrogen (secondary N) is 1. The van der Waals surface area contributed by atoms with Crippen LogP contribution >= 0.6 is 0 Å². The first-order valence-electron chi connectivity index (χ1n) is 5.76. The lowest BCUT2D eigenvalue weighted by Crippen LogP contribution is -2.24. The fourth-order valence-corrected chi connectivity index (χ4v) is 2.28. The van der Waals surface area contributed by atoms with E-state index in [1.54, 1.807) is 21.1 Å². The van der Waals surface area contributed by atoms with Gasteiger partial charge in [0.2, 0.25) is 0 Å². The Kier molecular flexibility index (Phi) is 4.29. The summed E-state index contributed by atoms with van der Waals surface area (Å²) in [6.07, 6.45) is 0. The maximum atomic E-state index is 11.6. The normalized spacial score (nSPS) is 12.4. The maximum Gasteiger partial charge on any atom is 0.151 e. The van der Waals surface area contributed by atoms with E-state index in [0.717, 1.165) is 28.0 Å². The summed E-state index contributed by atoms with van der Waals surface area (Å²) in [5.41, 5.74) is 4.31. The number of carbonyl (C=O) groups is 1. The Bertz CT molecular complexity index is 438. The molecule has 0 aliphatic heterocycles. The molecule has 0 amide bonds. The van der Waals surface area contributed by atoms with Crippen LogP contribution in [0.25, 0.3) is 0 Å². The molecule has 0 radical (unpaired) electrons. The summed E-state index contributed by atoms with van der Waals surface area (Å²) in [7, 11) is 3.48. The molecular formula is C14H21NO2. The minimum atomic E-state index is -0.238. The standard InChI is InChI=1S/C14H21NO2/c1-8-7-12(13(15-5)11(4)16)9(2)10(3)14(8)17-6/h7,13,15H,1-6H3. The first-order chi connectivity index (χ1) is 7.93. The van der Waals surface area contributed by atoms with Gasteiger partial charge in [-0.05, 0) is 57.0 Å². The largest absolute Gasteiger partial charge is 0.496 e. The van der Waals surface area contributed by atoms with E-state index in [9.17, 15) is 4.79 Å². The van der Waals surface area contributed by atoms with E-state index in [0.29, 0.717) is 0 Å². The minimum absolute atomic E-state index is 0.125. The number of hydrogen-bond acceptors (Lipinski definition) is 3. The Morgan fingerprint density at radius 2 is 1.88 bits per heavy atom. The third kappa shape index (κ3) is 2.50. The molecule has 0 bridgehead atoms. The molecule has 0 saturated heterocycles. The third-order valence-electron chi connectivity index (χ3n) is 3.28. The highest BCUT2D eigenvalue weighted by atomic mass is 16.5. The highest BCUT2D eigenvalue weighted by Gasteiger charge is 2.20. The van der Waals surface area contributed by atoms with Gasteiger partial charge < -0.3 is 10.1 Å². The molecule has 1 N–H and O–H groups in total. The highest BCUT2D eigenvalue weighted by Crippen LogP contribution is 2.31. The molecule has 0 spiro atoms. The first-order valence-corrected chi connectivity index (χ1v) is 5.76. The van der Waals surface area contributed by atoms with E-state index >= 15 is 0 Å². The zero-order chi connectivity index (χ0) is 13.2. The Hall–Kier alpha value is -1.35. The number of methoxy groups -OCH3 is 1. The zero-order valence-corrected chi connectivity index (χ0v) is 11.5. The SMILES string of the molecule is CNC(C(C)=O)c1cc(C)c(OC)c(C)c1C. The molecule has 94 valence electrons. The Morgan fingerprint density at radius 3 is 2.29 bits per heavy atom. The third-order valence-corrected chi connectivity index (χ3v) is 3.28. The highest BCUT2D eigenvalue weighted by molar-refractivity contribution is 5.83. The number of ether oxygens (including phenoxy) is 1. The average molecular weight is 235 g/mol. The summed E-state index contributed by atoms with van der Waals surface area (Å²) < 4.78 is 5.38. The molecule has 17 heavy (non-hydrogen) atoms. The number of aryl methyl sites for hydroxylation is 1. The predicted molar refractivity (Wildman–Crippen MR) is 69.7 cm³/mol. The van der Waals surface area contributed by atoms with Gasteiger partial charge in [0.1, 0.15) is 5.75 Å². The van der Waals surface area contributed by atoms with E-state index in [1.165, 1.54) is 0 Å². The van der Waals surface area contributed by atoms with E-state index in [1.807, 2.05) is 26.8 Å². The number of rotatable bonds is 4. The Morgan fingerprint density at radius 1 is 1.29 bits per heavy atom. The van der Waals surface area contributed by atoms with Crippen molar-refractivity contribution in [1.29, 1.82) is 0 Å². The van der Waals surface area contributed by atoms with Crippen LogP contribution in [0.4, 0.5) is 0 Å². The molecular weight excluding hydrogens is 214 g/mol. The quantitative estimate of drug-likeness (QED) is 0.871. The lowest BCUT2D eigenvalue weighted by atomic mass is 9.92. The van der Waals surface area contributed by atoms with Crippen LogP contribution in [-0.2, 0) is 4.79 Å². The van der Waals surface area contributed by atoms with E-state index < -0.39 is 0 Å². The van der Waals surface area contributed by atoms with Crippen LogP contribution in [0, 0.1) is 20.8 Å². The Balaban J connectivity index is 3.41. The molecule has 3 heteroatoms. The van der Waals surface area contributed by atoms with Crippen molar-refractivity contribution in [2.45, 2.75) is 33.7 Å². The van der Waals surface area contributed by atoms with Crippen molar-refractivity contribution in [2.75, 3.05) is 14.2 Å². The molecule has 1 unspecified atom stereocenters. The van der Waals surface area contributed by atoms with Gasteiger partial charge in [-0.3, -0.25) is 4.79 Å². The lowest BCUT2D eigenvalue weighted by Gasteiger charge is -2.20. The van der Waals surface area contributed by atoms with Crippen LogP contribution < -0.4 is 10.1 Å². The van der Waals surface area contributed by atoms with Gasteiger partial charge in [-0.15, -0.1) is 0 Å². The number of carbonyl (C=O) groups excluding carboxylic acids is 1. The molecule has 1 atom stereocenters. The average Bonchev–Trinajstić information content (AvgIpc) is 2.26. The van der Waals surface area contributed by atoms with Crippen LogP contribution in [0.2, 0.25) is 0 Å². The van der Waals surface area contributed by atoms with Crippen LogP contribution in [0.15, 0.2) is 6.07 Å². The molecule has 0 aromatic heterocycles. The first kappa shape index (κ1) is 13.7. The second kappa shape index (κ2) is 5.32. The molecule has 0 fully saturated rings.